The molecule has 2 aromatic rings. The number of nitrogens with one attached hydrogen (secondary N) is 1. The molecule has 1 unspecified atom stereocenters. The summed E-state index contributed by atoms with van der Waals surface area (Å²) in [6.45, 7) is 1.94. The molecular weight excluding hydrogens is 314 g/mol. The normalized spacial score (nSPS) is 22.1. The van der Waals surface area contributed by atoms with Gasteiger partial charge in [0.2, 0.25) is 5.91 Å². The van der Waals surface area contributed by atoms with Crippen LogP contribution in [0.15, 0.2) is 34.9 Å². The third kappa shape index (κ3) is 2.99. The second-order valence-corrected chi connectivity index (χ2v) is 6.53. The van der Waals surface area contributed by atoms with Crippen molar-refractivity contribution in [2.75, 3.05) is 13.1 Å². The van der Waals surface area contributed by atoms with Gasteiger partial charge in [-0.25, -0.2) is 4.98 Å². The number of piperazine rings is 1. The van der Waals surface area contributed by atoms with Gasteiger partial charge in [0.25, 0.3) is 0 Å². The number of rotatable bonds is 4. The summed E-state index contributed by atoms with van der Waals surface area (Å²) in [4.78, 5) is 18.9. The van der Waals surface area contributed by atoms with Gasteiger partial charge in [0.05, 0.1) is 12.7 Å². The Balaban J connectivity index is 1.59. The number of carbonyl (C=O) groups is 1. The average molecular weight is 332 g/mol. The first-order chi connectivity index (χ1) is 11.2. The smallest absolute Gasteiger partial charge is 0.242 e. The van der Waals surface area contributed by atoms with Crippen LogP contribution in [0.25, 0.3) is 0 Å². The van der Waals surface area contributed by atoms with Crippen LogP contribution in [0.4, 0.5) is 0 Å². The Labute approximate surface area is 139 Å². The molecular formula is C17H18ClN3O2. The van der Waals surface area contributed by atoms with Gasteiger partial charge in [-0.05, 0) is 24.5 Å². The van der Waals surface area contributed by atoms with Crippen LogP contribution in [0.3, 0.4) is 0 Å². The zero-order valence-corrected chi connectivity index (χ0v) is 13.4. The summed E-state index contributed by atoms with van der Waals surface area (Å²) in [5, 5.41) is 3.53. The molecule has 2 fully saturated rings. The van der Waals surface area contributed by atoms with E-state index in [1.165, 1.54) is 0 Å². The van der Waals surface area contributed by atoms with E-state index in [-0.39, 0.29) is 5.91 Å². The van der Waals surface area contributed by atoms with Crippen LogP contribution in [0.2, 0.25) is 5.02 Å². The number of benzene rings is 1. The van der Waals surface area contributed by atoms with Crippen molar-refractivity contribution in [3.8, 4) is 0 Å². The molecule has 120 valence electrons. The van der Waals surface area contributed by atoms with Gasteiger partial charge in [-0.2, -0.15) is 0 Å². The van der Waals surface area contributed by atoms with Crippen LogP contribution in [0.5, 0.6) is 0 Å². The van der Waals surface area contributed by atoms with Crippen LogP contribution in [-0.4, -0.2) is 28.9 Å². The molecule has 1 saturated heterocycles. The number of halogens is 1. The number of oxazole rings is 1. The third-order valence-electron chi connectivity index (χ3n) is 4.37. The number of amides is 1. The summed E-state index contributed by atoms with van der Waals surface area (Å²) in [5.74, 6) is 2.11. The Hall–Kier alpha value is -1.85. The first kappa shape index (κ1) is 14.7. The van der Waals surface area contributed by atoms with E-state index in [0.29, 0.717) is 24.0 Å². The Morgan fingerprint density at radius 3 is 2.96 bits per heavy atom. The molecule has 1 aliphatic heterocycles. The summed E-state index contributed by atoms with van der Waals surface area (Å²) in [5.41, 5.74) is 0.827. The molecule has 1 atom stereocenters. The lowest BCUT2D eigenvalue weighted by Gasteiger charge is -2.34. The highest BCUT2D eigenvalue weighted by Gasteiger charge is 2.34. The second-order valence-electron chi connectivity index (χ2n) is 6.12. The van der Waals surface area contributed by atoms with Crippen molar-refractivity contribution >= 4 is 17.5 Å². The fraction of sp³-hybridized carbons (Fsp3) is 0.412. The molecule has 1 N–H and O–H groups in total. The zero-order chi connectivity index (χ0) is 15.8. The lowest BCUT2D eigenvalue weighted by atomic mass is 10.0. The quantitative estimate of drug-likeness (QED) is 0.936. The van der Waals surface area contributed by atoms with E-state index in [1.54, 1.807) is 6.20 Å². The number of hydrogen-bond acceptors (Lipinski definition) is 4. The van der Waals surface area contributed by atoms with Crippen LogP contribution in [0, 0.1) is 0 Å². The van der Waals surface area contributed by atoms with E-state index in [1.807, 2.05) is 24.3 Å². The van der Waals surface area contributed by atoms with E-state index in [2.05, 4.69) is 15.2 Å². The predicted octanol–water partition coefficient (Wildman–Crippen LogP) is 2.88. The second kappa shape index (κ2) is 5.98. The molecule has 1 aliphatic carbocycles. The monoisotopic (exact) mass is 331 g/mol. The molecule has 0 bridgehead atoms. The van der Waals surface area contributed by atoms with Gasteiger partial charge in [-0.1, -0.05) is 29.8 Å². The largest absolute Gasteiger partial charge is 0.444 e. The lowest BCUT2D eigenvalue weighted by Crippen LogP contribution is -2.49. The predicted molar refractivity (Wildman–Crippen MR) is 86.1 cm³/mol. The minimum atomic E-state index is -0.396. The maximum Gasteiger partial charge on any atom is 0.242 e. The van der Waals surface area contributed by atoms with E-state index in [0.717, 1.165) is 36.6 Å². The molecule has 6 heteroatoms. The molecule has 1 amide bonds. The van der Waals surface area contributed by atoms with Gasteiger partial charge in [0.15, 0.2) is 5.89 Å². The highest BCUT2D eigenvalue weighted by atomic mass is 35.5. The van der Waals surface area contributed by atoms with Gasteiger partial charge < -0.3 is 9.73 Å². The van der Waals surface area contributed by atoms with Crippen molar-refractivity contribution in [3.05, 3.63) is 52.7 Å². The number of hydrogen-bond donors (Lipinski definition) is 1. The minimum absolute atomic E-state index is 0.0220. The fourth-order valence-electron chi connectivity index (χ4n) is 3.03. The Morgan fingerprint density at radius 2 is 2.17 bits per heavy atom. The van der Waals surface area contributed by atoms with Crippen molar-refractivity contribution < 1.29 is 9.21 Å². The number of carbonyl (C=O) groups excluding carboxylic acids is 1. The van der Waals surface area contributed by atoms with Gasteiger partial charge in [-0.3, -0.25) is 9.69 Å². The van der Waals surface area contributed by atoms with Crippen LogP contribution < -0.4 is 5.32 Å². The first-order valence-corrected chi connectivity index (χ1v) is 8.31. The van der Waals surface area contributed by atoms with Gasteiger partial charge >= 0.3 is 0 Å². The Bertz CT molecular complexity index is 726. The molecule has 5 nitrogen and oxygen atoms in total. The zero-order valence-electron chi connectivity index (χ0n) is 12.7. The Kier molecular flexibility index (Phi) is 3.83. The Morgan fingerprint density at radius 1 is 1.35 bits per heavy atom. The van der Waals surface area contributed by atoms with Crippen molar-refractivity contribution in [1.29, 1.82) is 0 Å². The van der Waals surface area contributed by atoms with Crippen molar-refractivity contribution in [2.45, 2.75) is 31.3 Å². The third-order valence-corrected chi connectivity index (χ3v) is 4.71. The molecule has 23 heavy (non-hydrogen) atoms. The lowest BCUT2D eigenvalue weighted by molar-refractivity contribution is -0.129. The van der Waals surface area contributed by atoms with E-state index < -0.39 is 6.04 Å². The first-order valence-electron chi connectivity index (χ1n) is 7.93. The fourth-order valence-corrected chi connectivity index (χ4v) is 3.27. The van der Waals surface area contributed by atoms with Crippen LogP contribution >= 0.6 is 11.6 Å². The topological polar surface area (TPSA) is 58.4 Å². The van der Waals surface area contributed by atoms with E-state index >= 15 is 0 Å². The van der Waals surface area contributed by atoms with Crippen molar-refractivity contribution in [2.24, 2.45) is 0 Å². The molecule has 2 heterocycles. The summed E-state index contributed by atoms with van der Waals surface area (Å²) in [7, 11) is 0. The SMILES string of the molecule is O=C1NCCN(Cc2cnc(C3CC3)o2)C1c1ccccc1Cl. The highest BCUT2D eigenvalue weighted by molar-refractivity contribution is 6.31. The maximum atomic E-state index is 12.4. The maximum absolute atomic E-state index is 12.4. The van der Waals surface area contributed by atoms with Crippen molar-refractivity contribution in [3.63, 3.8) is 0 Å². The van der Waals surface area contributed by atoms with Gasteiger partial charge in [0.1, 0.15) is 11.8 Å². The average Bonchev–Trinajstić information content (AvgIpc) is 3.29. The van der Waals surface area contributed by atoms with Crippen LogP contribution in [-0.2, 0) is 11.3 Å². The summed E-state index contributed by atoms with van der Waals surface area (Å²) < 4.78 is 5.84. The molecule has 1 saturated carbocycles. The number of nitrogens with zero attached hydrogens (tertiary/aromatic N) is 2. The van der Waals surface area contributed by atoms with Crippen molar-refractivity contribution in [1.82, 2.24) is 15.2 Å². The highest BCUT2D eigenvalue weighted by Crippen LogP contribution is 2.39. The molecule has 2 aliphatic rings. The van der Waals surface area contributed by atoms with E-state index in [4.69, 9.17) is 16.0 Å². The van der Waals surface area contributed by atoms with Gasteiger partial charge in [-0.15, -0.1) is 0 Å². The molecule has 0 spiro atoms. The summed E-state index contributed by atoms with van der Waals surface area (Å²) >= 11 is 6.30. The molecule has 1 aromatic heterocycles. The number of aromatic nitrogens is 1. The molecule has 4 rings (SSSR count). The summed E-state index contributed by atoms with van der Waals surface area (Å²) in [6, 6.07) is 7.10. The minimum Gasteiger partial charge on any atom is -0.444 e. The molecule has 1 aromatic carbocycles. The standard InChI is InChI=1S/C17H18ClN3O2/c18-14-4-2-1-3-13(14)15-16(22)19-7-8-21(15)10-12-9-20-17(23-12)11-5-6-11/h1-4,9,11,15H,5-8,10H2,(H,19,22). The van der Waals surface area contributed by atoms with E-state index in [9.17, 15) is 4.79 Å². The summed E-state index contributed by atoms with van der Waals surface area (Å²) in [6.07, 6.45) is 4.10. The molecule has 0 radical (unpaired) electrons. The van der Waals surface area contributed by atoms with Gasteiger partial charge in [0, 0.05) is 24.0 Å². The van der Waals surface area contributed by atoms with Crippen LogP contribution in [0.1, 0.15) is 42.0 Å².